The Kier molecular flexibility index (Phi) is 3.37. The summed E-state index contributed by atoms with van der Waals surface area (Å²) >= 11 is 3.46. The third kappa shape index (κ3) is 2.10. The Morgan fingerprint density at radius 1 is 1.53 bits per heavy atom. The summed E-state index contributed by atoms with van der Waals surface area (Å²) < 4.78 is 6.46. The number of ether oxygens (including phenoxy) is 1. The fraction of sp³-hybridized carbons (Fsp3) is 0.500. The van der Waals surface area contributed by atoms with E-state index in [-0.39, 0.29) is 24.1 Å². The predicted octanol–water partition coefficient (Wildman–Crippen LogP) is 1.60. The molecule has 3 N–H and O–H groups in total. The van der Waals surface area contributed by atoms with Crippen molar-refractivity contribution in [3.63, 3.8) is 0 Å². The molecule has 1 saturated carbocycles. The van der Waals surface area contributed by atoms with Crippen LogP contribution in [0.3, 0.4) is 0 Å². The van der Waals surface area contributed by atoms with Gasteiger partial charge < -0.3 is 15.8 Å². The lowest BCUT2D eigenvalue weighted by atomic mass is 9.72. The van der Waals surface area contributed by atoms with E-state index >= 15 is 0 Å². The number of aryl methyl sites for hydroxylation is 1. The topological polar surface area (TPSA) is 64.4 Å². The highest BCUT2D eigenvalue weighted by atomic mass is 79.9. The average molecular weight is 325 g/mol. The van der Waals surface area contributed by atoms with Gasteiger partial charge in [0.15, 0.2) is 0 Å². The maximum atomic E-state index is 12.3. The summed E-state index contributed by atoms with van der Waals surface area (Å²) in [6.07, 6.45) is 1.11. The van der Waals surface area contributed by atoms with Gasteiger partial charge in [0.1, 0.15) is 0 Å². The molecule has 19 heavy (non-hydrogen) atoms. The van der Waals surface area contributed by atoms with Crippen molar-refractivity contribution in [3.8, 4) is 0 Å². The van der Waals surface area contributed by atoms with Crippen molar-refractivity contribution in [1.82, 2.24) is 5.32 Å². The summed E-state index contributed by atoms with van der Waals surface area (Å²) in [5.74, 6) is 0.316. The lowest BCUT2D eigenvalue weighted by Crippen LogP contribution is -2.68. The SMILES string of the molecule is Cc1cccc(C(=O)NC2C(N)C3CCOC32)c1Br. The molecule has 0 spiro atoms. The maximum Gasteiger partial charge on any atom is 0.252 e. The summed E-state index contributed by atoms with van der Waals surface area (Å²) in [5.41, 5.74) is 7.78. The summed E-state index contributed by atoms with van der Waals surface area (Å²) in [6.45, 7) is 2.72. The first-order valence-corrected chi connectivity index (χ1v) is 7.32. The number of hydrogen-bond donors (Lipinski definition) is 2. The van der Waals surface area contributed by atoms with E-state index in [9.17, 15) is 4.79 Å². The minimum Gasteiger partial charge on any atom is -0.376 e. The van der Waals surface area contributed by atoms with Gasteiger partial charge in [-0.2, -0.15) is 0 Å². The largest absolute Gasteiger partial charge is 0.376 e. The van der Waals surface area contributed by atoms with E-state index in [0.717, 1.165) is 23.1 Å². The molecule has 1 aliphatic heterocycles. The summed E-state index contributed by atoms with van der Waals surface area (Å²) in [5, 5.41) is 3.00. The van der Waals surface area contributed by atoms with E-state index in [1.807, 2.05) is 25.1 Å². The molecule has 2 aliphatic rings. The first kappa shape index (κ1) is 13.1. The zero-order valence-electron chi connectivity index (χ0n) is 10.7. The Balaban J connectivity index is 1.73. The zero-order chi connectivity index (χ0) is 13.6. The summed E-state index contributed by atoms with van der Waals surface area (Å²) in [4.78, 5) is 12.3. The normalized spacial score (nSPS) is 32.6. The van der Waals surface area contributed by atoms with Crippen LogP contribution >= 0.6 is 15.9 Å². The van der Waals surface area contributed by atoms with Gasteiger partial charge in [-0.05, 0) is 40.9 Å². The number of hydrogen-bond acceptors (Lipinski definition) is 3. The lowest BCUT2D eigenvalue weighted by Gasteiger charge is -2.45. The Morgan fingerprint density at radius 2 is 2.32 bits per heavy atom. The first-order chi connectivity index (χ1) is 9.09. The molecule has 1 aromatic carbocycles. The fourth-order valence-electron chi connectivity index (χ4n) is 2.98. The average Bonchev–Trinajstić information content (AvgIpc) is 2.83. The van der Waals surface area contributed by atoms with E-state index in [4.69, 9.17) is 10.5 Å². The van der Waals surface area contributed by atoms with Crippen LogP contribution in [0.4, 0.5) is 0 Å². The van der Waals surface area contributed by atoms with Gasteiger partial charge in [-0.3, -0.25) is 4.79 Å². The van der Waals surface area contributed by atoms with Gasteiger partial charge in [-0.25, -0.2) is 0 Å². The van der Waals surface area contributed by atoms with Gasteiger partial charge in [-0.15, -0.1) is 0 Å². The van der Waals surface area contributed by atoms with Gasteiger partial charge in [0, 0.05) is 23.0 Å². The maximum absolute atomic E-state index is 12.3. The van der Waals surface area contributed by atoms with Crippen molar-refractivity contribution >= 4 is 21.8 Å². The van der Waals surface area contributed by atoms with E-state index in [1.165, 1.54) is 0 Å². The molecule has 4 atom stereocenters. The molecule has 3 rings (SSSR count). The molecule has 0 radical (unpaired) electrons. The first-order valence-electron chi connectivity index (χ1n) is 6.53. The second-order valence-electron chi connectivity index (χ2n) is 5.30. The molecule has 1 heterocycles. The van der Waals surface area contributed by atoms with E-state index in [1.54, 1.807) is 0 Å². The molecule has 1 aliphatic carbocycles. The molecular formula is C14H17BrN2O2. The van der Waals surface area contributed by atoms with Crippen molar-refractivity contribution in [1.29, 1.82) is 0 Å². The molecule has 5 heteroatoms. The van der Waals surface area contributed by atoms with E-state index in [0.29, 0.717) is 11.5 Å². The van der Waals surface area contributed by atoms with Crippen molar-refractivity contribution in [2.45, 2.75) is 31.5 Å². The van der Waals surface area contributed by atoms with Crippen molar-refractivity contribution < 1.29 is 9.53 Å². The Morgan fingerprint density at radius 3 is 3.11 bits per heavy atom. The fourth-order valence-corrected chi connectivity index (χ4v) is 3.42. The van der Waals surface area contributed by atoms with Gasteiger partial charge in [0.05, 0.1) is 17.7 Å². The number of benzene rings is 1. The van der Waals surface area contributed by atoms with E-state index < -0.39 is 0 Å². The zero-order valence-corrected chi connectivity index (χ0v) is 12.3. The van der Waals surface area contributed by atoms with Crippen LogP contribution < -0.4 is 11.1 Å². The monoisotopic (exact) mass is 324 g/mol. The van der Waals surface area contributed by atoms with Crippen molar-refractivity contribution in [2.75, 3.05) is 6.61 Å². The van der Waals surface area contributed by atoms with Crippen LogP contribution in [0.5, 0.6) is 0 Å². The van der Waals surface area contributed by atoms with Crippen LogP contribution in [0.25, 0.3) is 0 Å². The molecule has 0 aromatic heterocycles. The molecular weight excluding hydrogens is 308 g/mol. The van der Waals surface area contributed by atoms with Crippen molar-refractivity contribution in [2.24, 2.45) is 11.7 Å². The second kappa shape index (κ2) is 4.89. The second-order valence-corrected chi connectivity index (χ2v) is 6.09. The third-order valence-electron chi connectivity index (χ3n) is 4.18. The summed E-state index contributed by atoms with van der Waals surface area (Å²) in [7, 11) is 0. The number of carbonyl (C=O) groups is 1. The molecule has 0 bridgehead atoms. The quantitative estimate of drug-likeness (QED) is 0.868. The molecule has 1 amide bonds. The van der Waals surface area contributed by atoms with Crippen LogP contribution in [0.15, 0.2) is 22.7 Å². The third-order valence-corrected chi connectivity index (χ3v) is 5.23. The number of fused-ring (bicyclic) bond motifs is 1. The molecule has 4 unspecified atom stereocenters. The number of rotatable bonds is 2. The molecule has 4 nitrogen and oxygen atoms in total. The highest BCUT2D eigenvalue weighted by Crippen LogP contribution is 2.38. The summed E-state index contributed by atoms with van der Waals surface area (Å²) in [6, 6.07) is 5.60. The predicted molar refractivity (Wildman–Crippen MR) is 76.0 cm³/mol. The van der Waals surface area contributed by atoms with Crippen LogP contribution in [0, 0.1) is 12.8 Å². The van der Waals surface area contributed by atoms with Crippen molar-refractivity contribution in [3.05, 3.63) is 33.8 Å². The van der Waals surface area contributed by atoms with Gasteiger partial charge in [0.25, 0.3) is 5.91 Å². The van der Waals surface area contributed by atoms with Crippen LogP contribution in [-0.2, 0) is 4.74 Å². The van der Waals surface area contributed by atoms with E-state index in [2.05, 4.69) is 21.2 Å². The number of amides is 1. The van der Waals surface area contributed by atoms with Crippen LogP contribution in [0.2, 0.25) is 0 Å². The Labute approximate surface area is 120 Å². The molecule has 102 valence electrons. The Bertz CT molecular complexity index is 520. The highest BCUT2D eigenvalue weighted by Gasteiger charge is 2.52. The Hall–Kier alpha value is -0.910. The van der Waals surface area contributed by atoms with Crippen LogP contribution in [-0.4, -0.2) is 30.7 Å². The lowest BCUT2D eigenvalue weighted by molar-refractivity contribution is -0.0161. The number of nitrogens with one attached hydrogen (secondary N) is 1. The van der Waals surface area contributed by atoms with Gasteiger partial charge in [0.2, 0.25) is 0 Å². The molecule has 1 saturated heterocycles. The smallest absolute Gasteiger partial charge is 0.252 e. The number of halogens is 1. The molecule has 1 aromatic rings. The highest BCUT2D eigenvalue weighted by molar-refractivity contribution is 9.10. The minimum atomic E-state index is -0.0926. The standard InChI is InChI=1S/C14H17BrN2O2/c1-7-3-2-4-8(10(7)15)14(18)17-12-11(16)9-5-6-19-13(9)12/h2-4,9,11-13H,5-6,16H2,1H3,(H,17,18). The minimum absolute atomic E-state index is 0.0139. The van der Waals surface area contributed by atoms with Gasteiger partial charge >= 0.3 is 0 Å². The number of nitrogens with two attached hydrogens (primary N) is 1. The molecule has 2 fully saturated rings. The number of carbonyl (C=O) groups excluding carboxylic acids is 1. The van der Waals surface area contributed by atoms with Crippen LogP contribution in [0.1, 0.15) is 22.3 Å². The van der Waals surface area contributed by atoms with Gasteiger partial charge in [-0.1, -0.05) is 12.1 Å².